The Balaban J connectivity index is 1.94. The van der Waals surface area contributed by atoms with Crippen molar-refractivity contribution < 1.29 is 4.79 Å². The van der Waals surface area contributed by atoms with Crippen LogP contribution >= 0.6 is 0 Å². The van der Waals surface area contributed by atoms with E-state index in [9.17, 15) is 10.1 Å². The molecule has 1 saturated carbocycles. The predicted molar refractivity (Wildman–Crippen MR) is 83.7 cm³/mol. The van der Waals surface area contributed by atoms with Crippen LogP contribution in [-0.2, 0) is 18.4 Å². The Morgan fingerprint density at radius 2 is 2.09 bits per heavy atom. The van der Waals surface area contributed by atoms with Gasteiger partial charge in [0.2, 0.25) is 5.91 Å². The van der Waals surface area contributed by atoms with Gasteiger partial charge < -0.3 is 4.90 Å². The first kappa shape index (κ1) is 16.5. The van der Waals surface area contributed by atoms with E-state index in [0.717, 1.165) is 37.7 Å². The molecule has 6 heteroatoms. The fourth-order valence-corrected chi connectivity index (χ4v) is 3.16. The summed E-state index contributed by atoms with van der Waals surface area (Å²) in [5.41, 5.74) is 0.470. The van der Waals surface area contributed by atoms with Crippen LogP contribution in [-0.4, -0.2) is 51.7 Å². The molecule has 0 unspecified atom stereocenters. The van der Waals surface area contributed by atoms with E-state index in [1.54, 1.807) is 16.6 Å². The average Bonchev–Trinajstić information content (AvgIpc) is 2.91. The number of nitriles is 1. The highest BCUT2D eigenvalue weighted by atomic mass is 16.2. The number of aromatic nitrogens is 2. The molecule has 1 aliphatic rings. The molecule has 0 aromatic carbocycles. The third-order valence-corrected chi connectivity index (χ3v) is 4.52. The molecular formula is C16H25N5O. The van der Waals surface area contributed by atoms with Crippen molar-refractivity contribution >= 4 is 5.91 Å². The van der Waals surface area contributed by atoms with Crippen LogP contribution in [0.1, 0.15) is 37.7 Å². The first-order valence-corrected chi connectivity index (χ1v) is 7.81. The van der Waals surface area contributed by atoms with Crippen molar-refractivity contribution in [1.29, 1.82) is 5.26 Å². The number of amides is 1. The fraction of sp³-hybridized carbons (Fsp3) is 0.688. The van der Waals surface area contributed by atoms with Gasteiger partial charge in [-0.1, -0.05) is 19.3 Å². The third-order valence-electron chi connectivity index (χ3n) is 4.52. The zero-order valence-electron chi connectivity index (χ0n) is 13.7. The molecule has 1 aliphatic carbocycles. The van der Waals surface area contributed by atoms with E-state index >= 15 is 0 Å². The summed E-state index contributed by atoms with van der Waals surface area (Å²) in [6.45, 7) is 0.988. The molecular weight excluding hydrogens is 278 g/mol. The average molecular weight is 303 g/mol. The SMILES string of the molecule is CN(CC(=O)N(C)C1(C#N)CCCCC1)Cc1cnn(C)c1. The molecule has 1 fully saturated rings. The van der Waals surface area contributed by atoms with Crippen molar-refractivity contribution in [2.24, 2.45) is 7.05 Å². The van der Waals surface area contributed by atoms with Crippen molar-refractivity contribution in [2.75, 3.05) is 20.6 Å². The summed E-state index contributed by atoms with van der Waals surface area (Å²) in [6.07, 6.45) is 8.54. The number of hydrogen-bond donors (Lipinski definition) is 0. The van der Waals surface area contributed by atoms with Crippen LogP contribution in [0.25, 0.3) is 0 Å². The Hall–Kier alpha value is -1.87. The lowest BCUT2D eigenvalue weighted by Gasteiger charge is -2.39. The molecule has 2 rings (SSSR count). The van der Waals surface area contributed by atoms with Gasteiger partial charge in [-0.2, -0.15) is 10.4 Å². The summed E-state index contributed by atoms with van der Waals surface area (Å²) in [7, 11) is 5.57. The van der Waals surface area contributed by atoms with E-state index < -0.39 is 5.54 Å². The van der Waals surface area contributed by atoms with Crippen molar-refractivity contribution in [2.45, 2.75) is 44.2 Å². The standard InChI is InChI=1S/C16H25N5O/c1-19(10-14-9-18-20(2)11-14)12-15(22)21(3)16(13-17)7-5-4-6-8-16/h9,11H,4-8,10,12H2,1-3H3. The topological polar surface area (TPSA) is 65.2 Å². The highest BCUT2D eigenvalue weighted by Crippen LogP contribution is 2.32. The van der Waals surface area contributed by atoms with Crippen LogP contribution in [0.5, 0.6) is 0 Å². The van der Waals surface area contributed by atoms with Gasteiger partial charge in [0.15, 0.2) is 0 Å². The number of carbonyl (C=O) groups excluding carboxylic acids is 1. The minimum absolute atomic E-state index is 0.00911. The second kappa shape index (κ2) is 6.93. The largest absolute Gasteiger partial charge is 0.326 e. The van der Waals surface area contributed by atoms with Crippen molar-refractivity contribution in [3.63, 3.8) is 0 Å². The summed E-state index contributed by atoms with van der Waals surface area (Å²) in [5.74, 6) is 0.00911. The number of hydrogen-bond acceptors (Lipinski definition) is 4. The highest BCUT2D eigenvalue weighted by molar-refractivity contribution is 5.79. The monoisotopic (exact) mass is 303 g/mol. The molecule has 0 atom stereocenters. The van der Waals surface area contributed by atoms with E-state index in [-0.39, 0.29) is 5.91 Å². The van der Waals surface area contributed by atoms with Crippen LogP contribution in [0.15, 0.2) is 12.4 Å². The molecule has 0 bridgehead atoms. The van der Waals surface area contributed by atoms with E-state index in [1.165, 1.54) is 0 Å². The van der Waals surface area contributed by atoms with Crippen molar-refractivity contribution in [3.8, 4) is 6.07 Å². The van der Waals surface area contributed by atoms with E-state index in [2.05, 4.69) is 11.2 Å². The lowest BCUT2D eigenvalue weighted by molar-refractivity contribution is -0.135. The first-order chi connectivity index (χ1) is 10.5. The molecule has 1 amide bonds. The molecule has 0 saturated heterocycles. The maximum atomic E-state index is 12.5. The van der Waals surface area contributed by atoms with E-state index in [1.807, 2.05) is 31.4 Å². The minimum Gasteiger partial charge on any atom is -0.326 e. The molecule has 22 heavy (non-hydrogen) atoms. The number of rotatable bonds is 5. The van der Waals surface area contributed by atoms with Gasteiger partial charge in [0, 0.05) is 32.4 Å². The number of likely N-dealkylation sites (N-methyl/N-ethyl adjacent to an activating group) is 2. The molecule has 1 aromatic rings. The highest BCUT2D eigenvalue weighted by Gasteiger charge is 2.38. The zero-order valence-corrected chi connectivity index (χ0v) is 13.7. The number of carbonyl (C=O) groups is 1. The maximum absolute atomic E-state index is 12.5. The molecule has 6 nitrogen and oxygen atoms in total. The Labute approximate surface area is 132 Å². The van der Waals surface area contributed by atoms with Gasteiger partial charge in [0.25, 0.3) is 0 Å². The van der Waals surface area contributed by atoms with Crippen LogP contribution in [0.4, 0.5) is 0 Å². The van der Waals surface area contributed by atoms with Crippen LogP contribution in [0, 0.1) is 11.3 Å². The van der Waals surface area contributed by atoms with Gasteiger partial charge in [-0.05, 0) is 19.9 Å². The van der Waals surface area contributed by atoms with Gasteiger partial charge in [0.1, 0.15) is 5.54 Å². The summed E-state index contributed by atoms with van der Waals surface area (Å²) < 4.78 is 1.75. The predicted octanol–water partition coefficient (Wildman–Crippen LogP) is 1.54. The molecule has 1 aromatic heterocycles. The summed E-state index contributed by atoms with van der Waals surface area (Å²) in [4.78, 5) is 16.2. The number of aryl methyl sites for hydroxylation is 1. The Kier molecular flexibility index (Phi) is 5.19. The van der Waals surface area contributed by atoms with E-state index in [0.29, 0.717) is 13.1 Å². The van der Waals surface area contributed by atoms with Crippen LogP contribution in [0.3, 0.4) is 0 Å². The summed E-state index contributed by atoms with van der Waals surface area (Å²) in [5, 5.41) is 13.7. The quantitative estimate of drug-likeness (QED) is 0.827. The van der Waals surface area contributed by atoms with Gasteiger partial charge >= 0.3 is 0 Å². The molecule has 1 heterocycles. The second-order valence-corrected chi connectivity index (χ2v) is 6.35. The fourth-order valence-electron chi connectivity index (χ4n) is 3.16. The smallest absolute Gasteiger partial charge is 0.237 e. The van der Waals surface area contributed by atoms with Crippen molar-refractivity contribution in [1.82, 2.24) is 19.6 Å². The Morgan fingerprint density at radius 1 is 1.41 bits per heavy atom. The molecule has 0 N–H and O–H groups in total. The van der Waals surface area contributed by atoms with Crippen LogP contribution < -0.4 is 0 Å². The minimum atomic E-state index is -0.607. The number of nitrogens with zero attached hydrogens (tertiary/aromatic N) is 5. The Bertz CT molecular complexity index is 553. The normalized spacial score (nSPS) is 17.2. The van der Waals surface area contributed by atoms with Gasteiger partial charge in [-0.25, -0.2) is 0 Å². The zero-order chi connectivity index (χ0) is 16.2. The lowest BCUT2D eigenvalue weighted by Crippen LogP contribution is -2.52. The van der Waals surface area contributed by atoms with Gasteiger partial charge in [0.05, 0.1) is 18.8 Å². The third kappa shape index (κ3) is 3.66. The van der Waals surface area contributed by atoms with Gasteiger partial charge in [-0.3, -0.25) is 14.4 Å². The lowest BCUT2D eigenvalue weighted by atomic mass is 9.81. The van der Waals surface area contributed by atoms with Crippen molar-refractivity contribution in [3.05, 3.63) is 18.0 Å². The molecule has 0 radical (unpaired) electrons. The summed E-state index contributed by atoms with van der Waals surface area (Å²) >= 11 is 0. The summed E-state index contributed by atoms with van der Waals surface area (Å²) in [6, 6.07) is 2.40. The van der Waals surface area contributed by atoms with E-state index in [4.69, 9.17) is 0 Å². The van der Waals surface area contributed by atoms with Crippen LogP contribution in [0.2, 0.25) is 0 Å². The molecule has 0 spiro atoms. The first-order valence-electron chi connectivity index (χ1n) is 7.81. The Morgan fingerprint density at radius 3 is 2.64 bits per heavy atom. The second-order valence-electron chi connectivity index (χ2n) is 6.35. The maximum Gasteiger partial charge on any atom is 0.237 e. The van der Waals surface area contributed by atoms with Gasteiger partial charge in [-0.15, -0.1) is 0 Å². The molecule has 0 aliphatic heterocycles. The molecule has 120 valence electrons.